The highest BCUT2D eigenvalue weighted by molar-refractivity contribution is 9.10. The lowest BCUT2D eigenvalue weighted by atomic mass is 9.92. The van der Waals surface area contributed by atoms with Gasteiger partial charge in [-0.3, -0.25) is 9.59 Å². The first-order valence-corrected chi connectivity index (χ1v) is 10.5. The minimum Gasteiger partial charge on any atom is -0.507 e. The van der Waals surface area contributed by atoms with Gasteiger partial charge in [-0.1, -0.05) is 19.3 Å². The zero-order chi connectivity index (χ0) is 20.5. The van der Waals surface area contributed by atoms with Gasteiger partial charge in [0.1, 0.15) is 23.3 Å². The van der Waals surface area contributed by atoms with E-state index >= 15 is 0 Å². The van der Waals surface area contributed by atoms with Crippen LogP contribution in [0.1, 0.15) is 49.5 Å². The number of hydrogen-bond donors (Lipinski definition) is 1. The lowest BCUT2D eigenvalue weighted by Crippen LogP contribution is -2.40. The van der Waals surface area contributed by atoms with E-state index in [-0.39, 0.29) is 17.4 Å². The van der Waals surface area contributed by atoms with E-state index in [1.165, 1.54) is 6.26 Å². The Hall–Kier alpha value is -2.54. The molecule has 1 atom stereocenters. The molecule has 1 N–H and O–H groups in total. The zero-order valence-electron chi connectivity index (χ0n) is 16.1. The number of nitrogens with zero attached hydrogens (tertiary/aromatic N) is 1. The van der Waals surface area contributed by atoms with Crippen LogP contribution in [0, 0.1) is 0 Å². The number of rotatable bonds is 4. The number of hydrogen-bond acceptors (Lipinski definition) is 5. The van der Waals surface area contributed by atoms with Crippen LogP contribution in [0.4, 0.5) is 0 Å². The van der Waals surface area contributed by atoms with Gasteiger partial charge >= 0.3 is 0 Å². The van der Waals surface area contributed by atoms with Gasteiger partial charge in [0.25, 0.3) is 11.7 Å². The molecule has 6 nitrogen and oxygen atoms in total. The van der Waals surface area contributed by atoms with Gasteiger partial charge in [0.2, 0.25) is 0 Å². The fourth-order valence-electron chi connectivity index (χ4n) is 4.28. The van der Waals surface area contributed by atoms with E-state index in [1.807, 2.05) is 0 Å². The van der Waals surface area contributed by atoms with E-state index in [9.17, 15) is 14.7 Å². The summed E-state index contributed by atoms with van der Waals surface area (Å²) in [7, 11) is 1.55. The van der Waals surface area contributed by atoms with Crippen molar-refractivity contribution in [1.29, 1.82) is 0 Å². The van der Waals surface area contributed by atoms with E-state index in [4.69, 9.17) is 9.15 Å². The molecule has 1 saturated heterocycles. The molecule has 1 amide bonds. The molecule has 7 heteroatoms. The lowest BCUT2D eigenvalue weighted by Gasteiger charge is -2.34. The molecule has 1 aliphatic carbocycles. The Bertz CT molecular complexity index is 960. The fourth-order valence-corrected chi connectivity index (χ4v) is 4.82. The van der Waals surface area contributed by atoms with E-state index in [0.29, 0.717) is 21.5 Å². The van der Waals surface area contributed by atoms with Crippen LogP contribution >= 0.6 is 15.9 Å². The summed E-state index contributed by atoms with van der Waals surface area (Å²) in [5.41, 5.74) is 0.489. The highest BCUT2D eigenvalue weighted by Crippen LogP contribution is 2.43. The van der Waals surface area contributed by atoms with Gasteiger partial charge in [-0.05, 0) is 59.1 Å². The van der Waals surface area contributed by atoms with Crippen LogP contribution in [-0.2, 0) is 9.59 Å². The molecule has 2 fully saturated rings. The first-order valence-electron chi connectivity index (χ1n) is 9.70. The molecule has 1 unspecified atom stereocenters. The molecule has 0 bridgehead atoms. The minimum absolute atomic E-state index is 0.0387. The fraction of sp³-hybridized carbons (Fsp3) is 0.364. The number of ether oxygens (including phenoxy) is 1. The van der Waals surface area contributed by atoms with E-state index in [2.05, 4.69) is 15.9 Å². The lowest BCUT2D eigenvalue weighted by molar-refractivity contribution is -0.142. The number of Topliss-reactive ketones (excluding diaryl/α,β-unsaturated/α-hetero) is 1. The molecule has 1 aromatic carbocycles. The van der Waals surface area contributed by atoms with E-state index < -0.39 is 17.7 Å². The number of carbonyl (C=O) groups excluding carboxylic acids is 2. The highest BCUT2D eigenvalue weighted by Gasteiger charge is 2.50. The highest BCUT2D eigenvalue weighted by atomic mass is 79.9. The summed E-state index contributed by atoms with van der Waals surface area (Å²) in [4.78, 5) is 27.6. The van der Waals surface area contributed by atoms with Crippen molar-refractivity contribution in [1.82, 2.24) is 4.90 Å². The van der Waals surface area contributed by atoms with Gasteiger partial charge in [0.05, 0.1) is 23.4 Å². The molecule has 1 saturated carbocycles. The van der Waals surface area contributed by atoms with Crippen LogP contribution in [0.15, 0.2) is 51.1 Å². The molecule has 2 aromatic rings. The number of amides is 1. The van der Waals surface area contributed by atoms with Crippen LogP contribution in [0.25, 0.3) is 5.76 Å². The Morgan fingerprint density at radius 2 is 1.97 bits per heavy atom. The minimum atomic E-state index is -0.728. The van der Waals surface area contributed by atoms with Crippen LogP contribution in [0.5, 0.6) is 5.75 Å². The predicted molar refractivity (Wildman–Crippen MR) is 110 cm³/mol. The Labute approximate surface area is 177 Å². The average molecular weight is 460 g/mol. The van der Waals surface area contributed by atoms with Crippen molar-refractivity contribution in [3.05, 3.63) is 58.0 Å². The third-order valence-electron chi connectivity index (χ3n) is 5.69. The second kappa shape index (κ2) is 8.06. The number of halogens is 1. The van der Waals surface area contributed by atoms with Gasteiger partial charge < -0.3 is 19.2 Å². The Kier molecular flexibility index (Phi) is 5.50. The SMILES string of the molecule is COc1ccc(/C(O)=C2/C(=O)C(=O)N(C3CCCCC3)C2c2ccco2)cc1Br. The number of aliphatic hydroxyl groups is 1. The monoisotopic (exact) mass is 459 g/mol. The van der Waals surface area contributed by atoms with E-state index in [1.54, 1.807) is 42.3 Å². The normalized spacial score (nSPS) is 22.3. The van der Waals surface area contributed by atoms with Crippen molar-refractivity contribution >= 4 is 33.4 Å². The van der Waals surface area contributed by atoms with E-state index in [0.717, 1.165) is 32.1 Å². The Morgan fingerprint density at radius 3 is 2.59 bits per heavy atom. The topological polar surface area (TPSA) is 80.0 Å². The maximum atomic E-state index is 13.0. The molecule has 1 aliphatic heterocycles. The summed E-state index contributed by atoms with van der Waals surface area (Å²) in [5.74, 6) is -0.393. The van der Waals surface area contributed by atoms with Crippen LogP contribution in [-0.4, -0.2) is 34.8 Å². The smallest absolute Gasteiger partial charge is 0.296 e. The molecule has 0 radical (unpaired) electrons. The second-order valence-corrected chi connectivity index (χ2v) is 8.22. The third kappa shape index (κ3) is 3.48. The van der Waals surface area contributed by atoms with Crippen LogP contribution in [0.2, 0.25) is 0 Å². The number of likely N-dealkylation sites (tertiary alicyclic amines) is 1. The molecule has 4 rings (SSSR count). The number of methoxy groups -OCH3 is 1. The summed E-state index contributed by atoms with van der Waals surface area (Å²) >= 11 is 3.40. The van der Waals surface area contributed by atoms with Crippen molar-refractivity contribution in [3.63, 3.8) is 0 Å². The quantitative estimate of drug-likeness (QED) is 0.403. The molecular formula is C22H22BrNO5. The summed E-state index contributed by atoms with van der Waals surface area (Å²) in [6.07, 6.45) is 6.37. The predicted octanol–water partition coefficient (Wildman–Crippen LogP) is 4.81. The number of benzene rings is 1. The summed E-state index contributed by atoms with van der Waals surface area (Å²) < 4.78 is 11.5. The Balaban J connectivity index is 1.83. The average Bonchev–Trinajstić information content (AvgIpc) is 3.35. The zero-order valence-corrected chi connectivity index (χ0v) is 17.6. The standard InChI is InChI=1S/C22H22BrNO5/c1-28-16-10-9-13(12-15(16)23)20(25)18-19(17-8-5-11-29-17)24(22(27)21(18)26)14-6-3-2-4-7-14/h5,8-12,14,19,25H,2-4,6-7H2,1H3/b20-18-. The maximum Gasteiger partial charge on any atom is 0.296 e. The molecule has 152 valence electrons. The van der Waals surface area contributed by atoms with Crippen molar-refractivity contribution in [2.75, 3.05) is 7.11 Å². The van der Waals surface area contributed by atoms with Gasteiger partial charge in [0, 0.05) is 11.6 Å². The third-order valence-corrected chi connectivity index (χ3v) is 6.31. The number of carbonyl (C=O) groups is 2. The number of furan rings is 1. The number of ketones is 1. The number of aliphatic hydroxyl groups excluding tert-OH is 1. The first kappa shape index (κ1) is 19.8. The van der Waals surface area contributed by atoms with Crippen LogP contribution < -0.4 is 4.74 Å². The molecule has 2 heterocycles. The van der Waals surface area contributed by atoms with Gasteiger partial charge in [0.15, 0.2) is 0 Å². The largest absolute Gasteiger partial charge is 0.507 e. The van der Waals surface area contributed by atoms with Crippen molar-refractivity contribution < 1.29 is 23.8 Å². The van der Waals surface area contributed by atoms with Gasteiger partial charge in [-0.25, -0.2) is 0 Å². The first-order chi connectivity index (χ1) is 14.0. The summed E-state index contributed by atoms with van der Waals surface area (Å²) in [5, 5.41) is 11.1. The molecule has 1 aromatic heterocycles. The van der Waals surface area contributed by atoms with Gasteiger partial charge in [-0.15, -0.1) is 0 Å². The molecule has 0 spiro atoms. The van der Waals surface area contributed by atoms with Crippen LogP contribution in [0.3, 0.4) is 0 Å². The van der Waals surface area contributed by atoms with Gasteiger partial charge in [-0.2, -0.15) is 0 Å². The van der Waals surface area contributed by atoms with Crippen molar-refractivity contribution in [3.8, 4) is 5.75 Å². The second-order valence-electron chi connectivity index (χ2n) is 7.36. The Morgan fingerprint density at radius 1 is 1.21 bits per heavy atom. The molecule has 29 heavy (non-hydrogen) atoms. The summed E-state index contributed by atoms with van der Waals surface area (Å²) in [6, 6.07) is 7.72. The van der Waals surface area contributed by atoms with Crippen molar-refractivity contribution in [2.45, 2.75) is 44.2 Å². The summed E-state index contributed by atoms with van der Waals surface area (Å²) in [6.45, 7) is 0. The maximum absolute atomic E-state index is 13.0. The van der Waals surface area contributed by atoms with Crippen molar-refractivity contribution in [2.24, 2.45) is 0 Å². The molecule has 2 aliphatic rings. The molecular weight excluding hydrogens is 438 g/mol.